The first-order valence-corrected chi connectivity index (χ1v) is 7.75. The zero-order valence-electron chi connectivity index (χ0n) is 12.8. The van der Waals surface area contributed by atoms with Gasteiger partial charge < -0.3 is 10.1 Å². The minimum Gasteiger partial charge on any atom is -0.423 e. The maximum absolute atomic E-state index is 5.74. The quantitative estimate of drug-likeness (QED) is 0.880. The van der Waals surface area contributed by atoms with Crippen molar-refractivity contribution in [2.75, 3.05) is 0 Å². The van der Waals surface area contributed by atoms with Crippen molar-refractivity contribution in [3.05, 3.63) is 45.7 Å². The van der Waals surface area contributed by atoms with Gasteiger partial charge in [-0.1, -0.05) is 19.9 Å². The normalized spacial score (nSPS) is 11.0. The zero-order valence-corrected chi connectivity index (χ0v) is 14.4. The van der Waals surface area contributed by atoms with E-state index in [0.29, 0.717) is 17.8 Å². The second kappa shape index (κ2) is 7.00. The lowest BCUT2D eigenvalue weighted by Crippen LogP contribution is -2.22. The van der Waals surface area contributed by atoms with E-state index in [9.17, 15) is 0 Å². The average molecular weight is 350 g/mol. The Morgan fingerprint density at radius 2 is 2.05 bits per heavy atom. The Balaban J connectivity index is 2.12. The van der Waals surface area contributed by atoms with Crippen LogP contribution in [-0.4, -0.2) is 16.0 Å². The van der Waals surface area contributed by atoms with Crippen LogP contribution in [0, 0.1) is 13.8 Å². The molecule has 1 N–H and O–H groups in total. The van der Waals surface area contributed by atoms with Crippen LogP contribution in [0.15, 0.2) is 28.9 Å². The standard InChI is InChI=1S/C16H20BrN3O/c1-10(2)18-8-13-9-19-16(20-12(13)4)21-15-6-5-11(3)7-14(15)17/h5-7,9-10,18H,8H2,1-4H3. The molecule has 0 aliphatic heterocycles. The molecule has 0 amide bonds. The van der Waals surface area contributed by atoms with E-state index >= 15 is 0 Å². The highest BCUT2D eigenvalue weighted by Crippen LogP contribution is 2.29. The van der Waals surface area contributed by atoms with Crippen molar-refractivity contribution in [2.45, 2.75) is 40.3 Å². The largest absolute Gasteiger partial charge is 0.423 e. The fourth-order valence-corrected chi connectivity index (χ4v) is 2.37. The monoisotopic (exact) mass is 349 g/mol. The van der Waals surface area contributed by atoms with Gasteiger partial charge in [0.25, 0.3) is 0 Å². The molecule has 0 saturated heterocycles. The molecular weight excluding hydrogens is 330 g/mol. The zero-order chi connectivity index (χ0) is 15.4. The molecule has 112 valence electrons. The van der Waals surface area contributed by atoms with E-state index < -0.39 is 0 Å². The molecule has 21 heavy (non-hydrogen) atoms. The molecular formula is C16H20BrN3O. The summed E-state index contributed by atoms with van der Waals surface area (Å²) >= 11 is 3.49. The number of hydrogen-bond acceptors (Lipinski definition) is 4. The summed E-state index contributed by atoms with van der Waals surface area (Å²) in [4.78, 5) is 8.70. The van der Waals surface area contributed by atoms with Gasteiger partial charge in [0.2, 0.25) is 0 Å². The van der Waals surface area contributed by atoms with Crippen molar-refractivity contribution in [2.24, 2.45) is 0 Å². The lowest BCUT2D eigenvalue weighted by Gasteiger charge is -2.11. The fourth-order valence-electron chi connectivity index (χ4n) is 1.79. The molecule has 0 aliphatic carbocycles. The lowest BCUT2D eigenvalue weighted by atomic mass is 10.2. The Kier molecular flexibility index (Phi) is 5.31. The highest BCUT2D eigenvalue weighted by molar-refractivity contribution is 9.10. The van der Waals surface area contributed by atoms with Crippen LogP contribution in [0.3, 0.4) is 0 Å². The predicted molar refractivity (Wildman–Crippen MR) is 87.7 cm³/mol. The number of rotatable bonds is 5. The smallest absolute Gasteiger partial charge is 0.322 e. The molecule has 0 fully saturated rings. The summed E-state index contributed by atoms with van der Waals surface area (Å²) in [6, 6.07) is 6.71. The van der Waals surface area contributed by atoms with Gasteiger partial charge in [-0.05, 0) is 47.5 Å². The number of ether oxygens (including phenoxy) is 1. The van der Waals surface area contributed by atoms with Gasteiger partial charge in [-0.15, -0.1) is 0 Å². The van der Waals surface area contributed by atoms with Crippen molar-refractivity contribution in [3.63, 3.8) is 0 Å². The number of aryl methyl sites for hydroxylation is 2. The van der Waals surface area contributed by atoms with Crippen LogP contribution >= 0.6 is 15.9 Å². The first-order chi connectivity index (χ1) is 9.95. The van der Waals surface area contributed by atoms with Crippen molar-refractivity contribution in [1.29, 1.82) is 0 Å². The first kappa shape index (κ1) is 15.9. The molecule has 5 heteroatoms. The Bertz CT molecular complexity index is 629. The van der Waals surface area contributed by atoms with E-state index in [4.69, 9.17) is 4.74 Å². The van der Waals surface area contributed by atoms with Crippen molar-refractivity contribution in [3.8, 4) is 11.8 Å². The van der Waals surface area contributed by atoms with E-state index in [2.05, 4.69) is 45.1 Å². The van der Waals surface area contributed by atoms with Crippen LogP contribution in [0.25, 0.3) is 0 Å². The molecule has 2 rings (SSSR count). The van der Waals surface area contributed by atoms with Gasteiger partial charge in [0.1, 0.15) is 5.75 Å². The predicted octanol–water partition coefficient (Wildman–Crippen LogP) is 4.15. The Labute approximate surface area is 134 Å². The van der Waals surface area contributed by atoms with Gasteiger partial charge >= 0.3 is 6.01 Å². The molecule has 2 aromatic rings. The fraction of sp³-hybridized carbons (Fsp3) is 0.375. The van der Waals surface area contributed by atoms with Crippen molar-refractivity contribution >= 4 is 15.9 Å². The van der Waals surface area contributed by atoms with E-state index in [1.54, 1.807) is 0 Å². The molecule has 0 aliphatic rings. The summed E-state index contributed by atoms with van der Waals surface area (Å²) < 4.78 is 6.63. The SMILES string of the molecule is Cc1ccc(Oc2ncc(CNC(C)C)c(C)n2)c(Br)c1. The Morgan fingerprint density at radius 1 is 1.29 bits per heavy atom. The van der Waals surface area contributed by atoms with Crippen molar-refractivity contribution in [1.82, 2.24) is 15.3 Å². The third-order valence-corrected chi connectivity index (χ3v) is 3.67. The van der Waals surface area contributed by atoms with Crippen molar-refractivity contribution < 1.29 is 4.74 Å². The van der Waals surface area contributed by atoms with Crippen LogP contribution in [0.2, 0.25) is 0 Å². The summed E-state index contributed by atoms with van der Waals surface area (Å²) in [6.45, 7) is 8.99. The minimum atomic E-state index is 0.366. The van der Waals surface area contributed by atoms with Crippen LogP contribution in [0.1, 0.15) is 30.7 Å². The molecule has 0 spiro atoms. The summed E-state index contributed by atoms with van der Waals surface area (Å²) in [7, 11) is 0. The van der Waals surface area contributed by atoms with Gasteiger partial charge in [-0.25, -0.2) is 4.98 Å². The number of halogens is 1. The molecule has 0 bridgehead atoms. The number of nitrogens with one attached hydrogen (secondary N) is 1. The van der Waals surface area contributed by atoms with Gasteiger partial charge in [-0.3, -0.25) is 0 Å². The third-order valence-electron chi connectivity index (χ3n) is 3.05. The molecule has 0 unspecified atom stereocenters. The molecule has 0 atom stereocenters. The number of nitrogens with zero attached hydrogens (tertiary/aromatic N) is 2. The highest BCUT2D eigenvalue weighted by atomic mass is 79.9. The Hall–Kier alpha value is -1.46. The average Bonchev–Trinajstić information content (AvgIpc) is 2.41. The van der Waals surface area contributed by atoms with E-state index in [0.717, 1.165) is 22.3 Å². The number of hydrogen-bond donors (Lipinski definition) is 1. The number of aromatic nitrogens is 2. The second-order valence-corrected chi connectivity index (χ2v) is 6.19. The molecule has 0 saturated carbocycles. The van der Waals surface area contributed by atoms with Crippen LogP contribution < -0.4 is 10.1 Å². The first-order valence-electron chi connectivity index (χ1n) is 6.95. The van der Waals surface area contributed by atoms with Gasteiger partial charge in [0.15, 0.2) is 0 Å². The van der Waals surface area contributed by atoms with Crippen LogP contribution in [0.4, 0.5) is 0 Å². The Morgan fingerprint density at radius 3 is 2.67 bits per heavy atom. The van der Waals surface area contributed by atoms with Gasteiger partial charge in [0.05, 0.1) is 4.47 Å². The van der Waals surface area contributed by atoms with Crippen LogP contribution in [0.5, 0.6) is 11.8 Å². The maximum Gasteiger partial charge on any atom is 0.322 e. The molecule has 0 radical (unpaired) electrons. The molecule has 4 nitrogen and oxygen atoms in total. The van der Waals surface area contributed by atoms with Gasteiger partial charge in [-0.2, -0.15) is 4.98 Å². The van der Waals surface area contributed by atoms with Crippen LogP contribution in [-0.2, 0) is 6.54 Å². The summed E-state index contributed by atoms with van der Waals surface area (Å²) in [5.74, 6) is 0.716. The lowest BCUT2D eigenvalue weighted by molar-refractivity contribution is 0.436. The minimum absolute atomic E-state index is 0.366. The molecule has 1 heterocycles. The highest BCUT2D eigenvalue weighted by Gasteiger charge is 2.08. The summed E-state index contributed by atoms with van der Waals surface area (Å²) in [6.07, 6.45) is 1.81. The number of benzene rings is 1. The maximum atomic E-state index is 5.74. The van der Waals surface area contributed by atoms with E-state index in [1.807, 2.05) is 38.2 Å². The van der Waals surface area contributed by atoms with Gasteiger partial charge in [0, 0.05) is 30.0 Å². The second-order valence-electron chi connectivity index (χ2n) is 5.33. The van der Waals surface area contributed by atoms with E-state index in [-0.39, 0.29) is 0 Å². The molecule has 1 aromatic carbocycles. The summed E-state index contributed by atoms with van der Waals surface area (Å²) in [5.41, 5.74) is 3.18. The summed E-state index contributed by atoms with van der Waals surface area (Å²) in [5, 5.41) is 3.36. The molecule has 1 aromatic heterocycles. The topological polar surface area (TPSA) is 47.0 Å². The van der Waals surface area contributed by atoms with E-state index in [1.165, 1.54) is 5.56 Å². The third kappa shape index (κ3) is 4.51.